The molecule has 0 bridgehead atoms. The highest BCUT2D eigenvalue weighted by atomic mass is 32.2. The molecule has 1 aromatic rings. The van der Waals surface area contributed by atoms with Crippen LogP contribution in [0.15, 0.2) is 10.4 Å². The Bertz CT molecular complexity index is 556. The monoisotopic (exact) mass is 308 g/mol. The molecule has 1 saturated heterocycles. The Morgan fingerprint density at radius 1 is 1.42 bits per heavy atom. The lowest BCUT2D eigenvalue weighted by atomic mass is 10.1. The van der Waals surface area contributed by atoms with Crippen molar-refractivity contribution in [3.8, 4) is 0 Å². The zero-order valence-electron chi connectivity index (χ0n) is 10.8. The van der Waals surface area contributed by atoms with Gasteiger partial charge in [-0.2, -0.15) is 0 Å². The Labute approximate surface area is 115 Å². The zero-order chi connectivity index (χ0) is 14.3. The van der Waals surface area contributed by atoms with Crippen molar-refractivity contribution >= 4 is 21.4 Å². The van der Waals surface area contributed by atoms with E-state index < -0.39 is 21.4 Å². The number of nitrogens with one attached hydrogen (secondary N) is 1. The first-order valence-corrected chi connectivity index (χ1v) is 7.89. The second-order valence-electron chi connectivity index (χ2n) is 4.70. The predicted molar refractivity (Wildman–Crippen MR) is 68.2 cm³/mol. The molecule has 2 N–H and O–H groups in total. The van der Waals surface area contributed by atoms with Crippen LogP contribution in [0.3, 0.4) is 0 Å². The number of nitrogens with zero attached hydrogens (tertiary/aromatic N) is 1. The van der Waals surface area contributed by atoms with Gasteiger partial charge in [0.1, 0.15) is 5.01 Å². The van der Waals surface area contributed by atoms with E-state index in [0.717, 1.165) is 11.3 Å². The van der Waals surface area contributed by atoms with Crippen molar-refractivity contribution in [3.05, 3.63) is 11.2 Å². The van der Waals surface area contributed by atoms with Crippen LogP contribution in [0.25, 0.3) is 0 Å². The van der Waals surface area contributed by atoms with Crippen LogP contribution in [-0.2, 0) is 25.1 Å². The number of sulfonamides is 1. The largest absolute Gasteiger partial charge is 0.378 e. The van der Waals surface area contributed by atoms with Gasteiger partial charge in [-0.15, -0.1) is 11.3 Å². The maximum atomic E-state index is 11.6. The molecule has 7 nitrogen and oxygen atoms in total. The molecule has 1 aliphatic heterocycles. The van der Waals surface area contributed by atoms with Gasteiger partial charge in [0.25, 0.3) is 10.0 Å². The molecular weight excluding hydrogens is 292 g/mol. The number of thiazole rings is 1. The summed E-state index contributed by atoms with van der Waals surface area (Å²) in [6.07, 6.45) is 1.21. The van der Waals surface area contributed by atoms with Crippen molar-refractivity contribution < 1.29 is 23.0 Å². The van der Waals surface area contributed by atoms with Gasteiger partial charge in [-0.25, -0.2) is 18.1 Å². The van der Waals surface area contributed by atoms with Crippen molar-refractivity contribution in [2.75, 3.05) is 20.3 Å². The first-order valence-electron chi connectivity index (χ1n) is 5.59. The van der Waals surface area contributed by atoms with Crippen LogP contribution < -0.4 is 4.72 Å². The normalized spacial score (nSPS) is 22.3. The van der Waals surface area contributed by atoms with Crippen LogP contribution in [-0.4, -0.2) is 44.6 Å². The van der Waals surface area contributed by atoms with E-state index in [2.05, 4.69) is 9.71 Å². The van der Waals surface area contributed by atoms with Crippen molar-refractivity contribution in [3.63, 3.8) is 0 Å². The topological polar surface area (TPSA) is 97.8 Å². The highest BCUT2D eigenvalue weighted by Gasteiger charge is 2.42. The summed E-state index contributed by atoms with van der Waals surface area (Å²) >= 11 is 0.898. The Balaban J connectivity index is 2.24. The van der Waals surface area contributed by atoms with Crippen LogP contribution in [0, 0.1) is 0 Å². The molecule has 0 aromatic carbocycles. The lowest BCUT2D eigenvalue weighted by Crippen LogP contribution is -2.49. The van der Waals surface area contributed by atoms with E-state index in [0.29, 0.717) is 0 Å². The third-order valence-electron chi connectivity index (χ3n) is 2.73. The molecule has 0 unspecified atom stereocenters. The molecule has 1 aromatic heterocycles. The minimum absolute atomic E-state index is 0.00650. The number of ether oxygens (including phenoxy) is 2. The number of aromatic nitrogens is 1. The summed E-state index contributed by atoms with van der Waals surface area (Å²) in [5.41, 5.74) is -1.41. The van der Waals surface area contributed by atoms with Gasteiger partial charge in [-0.3, -0.25) is 0 Å². The average Bonchev–Trinajstić information content (AvgIpc) is 2.84. The molecule has 2 heterocycles. The standard InChI is InChI=1S/C10H16N2O5S2/c1-9(2)16-5-10(13,6-17-9)8-12-4-7(18-8)19(14,15)11-3/h4,11,13H,5-6H2,1-3H3. The average molecular weight is 308 g/mol. The third-order valence-corrected chi connectivity index (χ3v) is 5.80. The summed E-state index contributed by atoms with van der Waals surface area (Å²) in [4.78, 5) is 3.96. The highest BCUT2D eigenvalue weighted by molar-refractivity contribution is 7.91. The zero-order valence-corrected chi connectivity index (χ0v) is 12.5. The lowest BCUT2D eigenvalue weighted by Gasteiger charge is -2.39. The number of hydrogen-bond donors (Lipinski definition) is 2. The lowest BCUT2D eigenvalue weighted by molar-refractivity contribution is -0.304. The smallest absolute Gasteiger partial charge is 0.251 e. The van der Waals surface area contributed by atoms with Gasteiger partial charge in [-0.05, 0) is 20.9 Å². The molecule has 0 amide bonds. The third kappa shape index (κ3) is 2.96. The molecule has 2 rings (SSSR count). The number of hydrogen-bond acceptors (Lipinski definition) is 7. The van der Waals surface area contributed by atoms with E-state index in [-0.39, 0.29) is 22.4 Å². The molecule has 1 fully saturated rings. The summed E-state index contributed by atoms with van der Waals surface area (Å²) in [6.45, 7) is 3.50. The molecule has 1 aliphatic rings. The second kappa shape index (κ2) is 4.76. The van der Waals surface area contributed by atoms with Gasteiger partial charge in [0.05, 0.1) is 19.4 Å². The number of aliphatic hydroxyl groups is 1. The van der Waals surface area contributed by atoms with Crippen LogP contribution in [0.4, 0.5) is 0 Å². The Morgan fingerprint density at radius 2 is 2.00 bits per heavy atom. The fraction of sp³-hybridized carbons (Fsp3) is 0.700. The molecule has 0 atom stereocenters. The minimum atomic E-state index is -3.55. The summed E-state index contributed by atoms with van der Waals surface area (Å²) < 4.78 is 36.3. The van der Waals surface area contributed by atoms with Gasteiger partial charge in [-0.1, -0.05) is 0 Å². The molecule has 19 heavy (non-hydrogen) atoms. The van der Waals surface area contributed by atoms with Gasteiger partial charge in [0.15, 0.2) is 15.6 Å². The number of rotatable bonds is 3. The fourth-order valence-electron chi connectivity index (χ4n) is 1.49. The molecule has 9 heteroatoms. The van der Waals surface area contributed by atoms with Gasteiger partial charge in [0, 0.05) is 0 Å². The summed E-state index contributed by atoms with van der Waals surface area (Å²) in [5, 5.41) is 10.7. The Hall–Kier alpha value is -0.580. The SMILES string of the molecule is CNS(=O)(=O)c1cnc(C2(O)COC(C)(C)OC2)s1. The highest BCUT2D eigenvalue weighted by Crippen LogP contribution is 2.34. The Morgan fingerprint density at radius 3 is 2.53 bits per heavy atom. The van der Waals surface area contributed by atoms with Crippen molar-refractivity contribution in [2.45, 2.75) is 29.4 Å². The maximum absolute atomic E-state index is 11.6. The van der Waals surface area contributed by atoms with Crippen LogP contribution >= 0.6 is 11.3 Å². The van der Waals surface area contributed by atoms with Gasteiger partial charge < -0.3 is 14.6 Å². The summed E-state index contributed by atoms with van der Waals surface area (Å²) in [7, 11) is -2.23. The van der Waals surface area contributed by atoms with E-state index >= 15 is 0 Å². The summed E-state index contributed by atoms with van der Waals surface area (Å²) in [6, 6.07) is 0. The van der Waals surface area contributed by atoms with Crippen molar-refractivity contribution in [1.29, 1.82) is 0 Å². The quantitative estimate of drug-likeness (QED) is 0.817. The van der Waals surface area contributed by atoms with Crippen molar-refractivity contribution in [2.24, 2.45) is 0 Å². The maximum Gasteiger partial charge on any atom is 0.251 e. The van der Waals surface area contributed by atoms with E-state index in [9.17, 15) is 13.5 Å². The van der Waals surface area contributed by atoms with Crippen LogP contribution in [0.2, 0.25) is 0 Å². The van der Waals surface area contributed by atoms with E-state index in [1.54, 1.807) is 13.8 Å². The molecule has 0 radical (unpaired) electrons. The molecule has 0 spiro atoms. The second-order valence-corrected chi connectivity index (χ2v) is 7.84. The van der Waals surface area contributed by atoms with E-state index in [1.807, 2.05) is 0 Å². The van der Waals surface area contributed by atoms with Gasteiger partial charge in [0.2, 0.25) is 0 Å². The molecule has 108 valence electrons. The van der Waals surface area contributed by atoms with Crippen LogP contribution in [0.1, 0.15) is 18.9 Å². The van der Waals surface area contributed by atoms with E-state index in [4.69, 9.17) is 9.47 Å². The predicted octanol–water partition coefficient (Wildman–Crippen LogP) is 0.0217. The van der Waals surface area contributed by atoms with Gasteiger partial charge >= 0.3 is 0 Å². The molecule has 0 aliphatic carbocycles. The van der Waals surface area contributed by atoms with Crippen LogP contribution in [0.5, 0.6) is 0 Å². The Kier molecular flexibility index (Phi) is 3.71. The van der Waals surface area contributed by atoms with E-state index in [1.165, 1.54) is 13.2 Å². The molecule has 0 saturated carbocycles. The summed E-state index contributed by atoms with van der Waals surface area (Å²) in [5.74, 6) is -0.761. The minimum Gasteiger partial charge on any atom is -0.378 e. The first-order chi connectivity index (χ1) is 8.69. The fourth-order valence-corrected chi connectivity index (χ4v) is 3.52. The first kappa shape index (κ1) is 14.8. The van der Waals surface area contributed by atoms with Crippen molar-refractivity contribution in [1.82, 2.24) is 9.71 Å². The molecular formula is C10H16N2O5S2.